The van der Waals surface area contributed by atoms with Gasteiger partial charge in [0.1, 0.15) is 0 Å². The molecule has 6 heteroatoms. The molecule has 0 saturated carbocycles. The van der Waals surface area contributed by atoms with Crippen molar-refractivity contribution in [2.75, 3.05) is 13.1 Å². The summed E-state index contributed by atoms with van der Waals surface area (Å²) in [5, 5.41) is 8.81. The van der Waals surface area contributed by atoms with E-state index in [1.165, 1.54) is 0 Å². The summed E-state index contributed by atoms with van der Waals surface area (Å²) in [6, 6.07) is 8.46. The van der Waals surface area contributed by atoms with Gasteiger partial charge in [-0.05, 0) is 19.1 Å². The number of halogens is 1. The fourth-order valence-corrected chi connectivity index (χ4v) is 3.16. The van der Waals surface area contributed by atoms with Gasteiger partial charge in [0.25, 0.3) is 0 Å². The van der Waals surface area contributed by atoms with Crippen LogP contribution in [0.3, 0.4) is 0 Å². The van der Waals surface area contributed by atoms with E-state index < -0.39 is 10.0 Å². The van der Waals surface area contributed by atoms with Crippen LogP contribution in [0.1, 0.15) is 12.0 Å². The molecule has 0 aliphatic rings. The van der Waals surface area contributed by atoms with Crippen LogP contribution in [0.25, 0.3) is 0 Å². The van der Waals surface area contributed by atoms with Gasteiger partial charge in [-0.2, -0.15) is 9.57 Å². The van der Waals surface area contributed by atoms with E-state index in [9.17, 15) is 8.42 Å². The van der Waals surface area contributed by atoms with Gasteiger partial charge in [-0.1, -0.05) is 35.9 Å². The predicted molar refractivity (Wildman–Crippen MR) is 75.2 cm³/mol. The van der Waals surface area contributed by atoms with Crippen LogP contribution in [0.4, 0.5) is 0 Å². The Morgan fingerprint density at radius 3 is 2.47 bits per heavy atom. The summed E-state index contributed by atoms with van der Waals surface area (Å²) in [5.74, 6) is 0. The second kappa shape index (κ2) is 6.71. The van der Waals surface area contributed by atoms with E-state index in [0.29, 0.717) is 0 Å². The van der Waals surface area contributed by atoms with Gasteiger partial charge in [-0.25, -0.2) is 8.42 Å². The van der Waals surface area contributed by atoms with Crippen LogP contribution < -0.4 is 0 Å². The molecule has 1 aromatic carbocycles. The molecular formula is C13H15ClN2O2S. The second-order valence-electron chi connectivity index (χ2n) is 4.08. The Bertz CT molecular complexity index is 588. The van der Waals surface area contributed by atoms with Crippen LogP contribution in [0.2, 0.25) is 0 Å². The highest BCUT2D eigenvalue weighted by Crippen LogP contribution is 2.18. The number of nitrogens with zero attached hydrogens (tertiary/aromatic N) is 2. The normalized spacial score (nSPS) is 11.3. The first-order chi connectivity index (χ1) is 8.87. The van der Waals surface area contributed by atoms with Crippen LogP contribution in [-0.4, -0.2) is 25.8 Å². The molecule has 0 radical (unpaired) electrons. The summed E-state index contributed by atoms with van der Waals surface area (Å²) in [6.07, 6.45) is 0.106. The van der Waals surface area contributed by atoms with Crippen molar-refractivity contribution in [3.8, 4) is 6.07 Å². The fourth-order valence-electron chi connectivity index (χ4n) is 1.51. The molecule has 0 amide bonds. The van der Waals surface area contributed by atoms with E-state index in [1.54, 1.807) is 24.3 Å². The molecule has 0 saturated heterocycles. The van der Waals surface area contributed by atoms with Gasteiger partial charge >= 0.3 is 0 Å². The largest absolute Gasteiger partial charge is 0.243 e. The van der Waals surface area contributed by atoms with Gasteiger partial charge in [-0.15, -0.1) is 0 Å². The van der Waals surface area contributed by atoms with Gasteiger partial charge in [0.2, 0.25) is 10.0 Å². The zero-order valence-electron chi connectivity index (χ0n) is 10.6. The summed E-state index contributed by atoms with van der Waals surface area (Å²) in [5.41, 5.74) is 0.976. The number of nitriles is 1. The third-order valence-electron chi connectivity index (χ3n) is 2.48. The van der Waals surface area contributed by atoms with E-state index in [4.69, 9.17) is 16.9 Å². The number of aryl methyl sites for hydroxylation is 1. The van der Waals surface area contributed by atoms with Gasteiger partial charge < -0.3 is 0 Å². The molecule has 4 nitrogen and oxygen atoms in total. The molecule has 0 fully saturated rings. The molecule has 102 valence electrons. The molecular weight excluding hydrogens is 284 g/mol. The number of hydrogen-bond donors (Lipinski definition) is 0. The first-order valence-corrected chi connectivity index (χ1v) is 7.47. The molecule has 0 atom stereocenters. The number of sulfonamides is 1. The summed E-state index contributed by atoms with van der Waals surface area (Å²) >= 11 is 5.69. The SMILES string of the molecule is C=C(Cl)CN(CCC#N)S(=O)(=O)c1ccc(C)cc1. The molecule has 0 bridgehead atoms. The molecule has 0 unspecified atom stereocenters. The van der Waals surface area contributed by atoms with Crippen molar-refractivity contribution in [1.29, 1.82) is 5.26 Å². The minimum atomic E-state index is -3.65. The Kier molecular flexibility index (Phi) is 5.55. The summed E-state index contributed by atoms with van der Waals surface area (Å²) in [4.78, 5) is 0.189. The average Bonchev–Trinajstić information content (AvgIpc) is 2.34. The lowest BCUT2D eigenvalue weighted by Gasteiger charge is -2.20. The third-order valence-corrected chi connectivity index (χ3v) is 4.46. The van der Waals surface area contributed by atoms with Crippen molar-refractivity contribution in [1.82, 2.24) is 4.31 Å². The first kappa shape index (κ1) is 15.7. The molecule has 0 heterocycles. The summed E-state index contributed by atoms with van der Waals surface area (Å²) < 4.78 is 26.0. The van der Waals surface area contributed by atoms with Crippen molar-refractivity contribution in [3.63, 3.8) is 0 Å². The standard InChI is InChI=1S/C13H15ClN2O2S/c1-11-4-6-13(7-5-11)19(17,18)16(9-3-8-15)10-12(2)14/h4-7H,2-3,9-10H2,1H3. The van der Waals surface area contributed by atoms with Gasteiger partial charge in [0, 0.05) is 24.5 Å². The average molecular weight is 299 g/mol. The van der Waals surface area contributed by atoms with E-state index in [0.717, 1.165) is 9.87 Å². The lowest BCUT2D eigenvalue weighted by atomic mass is 10.2. The minimum Gasteiger partial charge on any atom is -0.207 e. The van der Waals surface area contributed by atoms with Crippen molar-refractivity contribution in [2.45, 2.75) is 18.2 Å². The Morgan fingerprint density at radius 1 is 1.42 bits per heavy atom. The Labute approximate surface area is 119 Å². The van der Waals surface area contributed by atoms with Crippen LogP contribution in [0.15, 0.2) is 40.8 Å². The van der Waals surface area contributed by atoms with Gasteiger partial charge in [-0.3, -0.25) is 0 Å². The third kappa shape index (κ3) is 4.35. The molecule has 0 N–H and O–H groups in total. The van der Waals surface area contributed by atoms with Gasteiger partial charge in [0.15, 0.2) is 0 Å². The molecule has 19 heavy (non-hydrogen) atoms. The van der Waals surface area contributed by atoms with Crippen molar-refractivity contribution < 1.29 is 8.42 Å². The zero-order valence-corrected chi connectivity index (χ0v) is 12.2. The highest BCUT2D eigenvalue weighted by atomic mass is 35.5. The number of rotatable bonds is 6. The molecule has 1 rings (SSSR count). The maximum Gasteiger partial charge on any atom is 0.243 e. The highest BCUT2D eigenvalue weighted by Gasteiger charge is 2.24. The quantitative estimate of drug-likeness (QED) is 0.811. The number of benzene rings is 1. The monoisotopic (exact) mass is 298 g/mol. The molecule has 0 aliphatic heterocycles. The summed E-state index contributed by atoms with van der Waals surface area (Å²) in [6.45, 7) is 5.48. The van der Waals surface area contributed by atoms with Crippen LogP contribution in [-0.2, 0) is 10.0 Å². The molecule has 0 aromatic heterocycles. The Hall–Kier alpha value is -1.35. The van der Waals surface area contributed by atoms with Crippen molar-refractivity contribution in [3.05, 3.63) is 41.4 Å². The highest BCUT2D eigenvalue weighted by molar-refractivity contribution is 7.89. The second-order valence-corrected chi connectivity index (χ2v) is 6.55. The smallest absolute Gasteiger partial charge is 0.207 e. The number of hydrogen-bond acceptors (Lipinski definition) is 3. The lowest BCUT2D eigenvalue weighted by Crippen LogP contribution is -2.33. The Balaban J connectivity index is 3.08. The van der Waals surface area contributed by atoms with E-state index >= 15 is 0 Å². The first-order valence-electron chi connectivity index (χ1n) is 5.65. The Morgan fingerprint density at radius 2 is 2.00 bits per heavy atom. The van der Waals surface area contributed by atoms with Crippen LogP contribution in [0, 0.1) is 18.3 Å². The minimum absolute atomic E-state index is 0.000550. The van der Waals surface area contributed by atoms with Crippen molar-refractivity contribution >= 4 is 21.6 Å². The van der Waals surface area contributed by atoms with Gasteiger partial charge in [0.05, 0.1) is 11.0 Å². The van der Waals surface area contributed by atoms with E-state index in [-0.39, 0.29) is 29.4 Å². The van der Waals surface area contributed by atoms with Crippen LogP contribution in [0.5, 0.6) is 0 Å². The lowest BCUT2D eigenvalue weighted by molar-refractivity contribution is 0.447. The van der Waals surface area contributed by atoms with E-state index in [2.05, 4.69) is 6.58 Å². The van der Waals surface area contributed by atoms with Crippen molar-refractivity contribution in [2.24, 2.45) is 0 Å². The molecule has 1 aromatic rings. The maximum absolute atomic E-state index is 12.4. The van der Waals surface area contributed by atoms with E-state index in [1.807, 2.05) is 13.0 Å². The maximum atomic E-state index is 12.4. The summed E-state index contributed by atoms with van der Waals surface area (Å²) in [7, 11) is -3.65. The van der Waals surface area contributed by atoms with Crippen LogP contribution >= 0.6 is 11.6 Å². The molecule has 0 spiro atoms. The molecule has 0 aliphatic carbocycles. The topological polar surface area (TPSA) is 61.2 Å². The fraction of sp³-hybridized carbons (Fsp3) is 0.308. The zero-order chi connectivity index (χ0) is 14.5. The predicted octanol–water partition coefficient (Wildman–Crippen LogP) is 2.65.